The first-order valence-electron chi connectivity index (χ1n) is 5.64. The highest BCUT2D eigenvalue weighted by Gasteiger charge is 2.18. The summed E-state index contributed by atoms with van der Waals surface area (Å²) in [6, 6.07) is 4.26. The van der Waals surface area contributed by atoms with Gasteiger partial charge in [-0.05, 0) is 37.6 Å². The molecule has 2 N–H and O–H groups in total. The minimum absolute atomic E-state index is 0.0175. The molecule has 0 aromatic heterocycles. The van der Waals surface area contributed by atoms with Crippen LogP contribution in [0.3, 0.4) is 0 Å². The summed E-state index contributed by atoms with van der Waals surface area (Å²) >= 11 is 0. The van der Waals surface area contributed by atoms with Crippen LogP contribution in [-0.2, 0) is 14.8 Å². The fourth-order valence-electron chi connectivity index (χ4n) is 1.54. The van der Waals surface area contributed by atoms with Gasteiger partial charge < -0.3 is 9.64 Å². The minimum atomic E-state index is -3.73. The second kappa shape index (κ2) is 5.58. The Morgan fingerprint density at radius 1 is 1.37 bits per heavy atom. The summed E-state index contributed by atoms with van der Waals surface area (Å²) in [5.74, 6) is 0.282. The van der Waals surface area contributed by atoms with Gasteiger partial charge in [-0.2, -0.15) is 0 Å². The summed E-state index contributed by atoms with van der Waals surface area (Å²) < 4.78 is 27.9. The SMILES string of the molecule is Cc1cc(S(N)(=O)=O)ccc1OC(C)C(=O)N(C)C. The van der Waals surface area contributed by atoms with Crippen LogP contribution in [0, 0.1) is 6.92 Å². The van der Waals surface area contributed by atoms with Gasteiger partial charge in [0.15, 0.2) is 6.10 Å². The number of ether oxygens (including phenoxy) is 1. The topological polar surface area (TPSA) is 89.7 Å². The number of nitrogens with zero attached hydrogens (tertiary/aromatic N) is 1. The van der Waals surface area contributed by atoms with Crippen LogP contribution in [0.2, 0.25) is 0 Å². The number of primary sulfonamides is 1. The Morgan fingerprint density at radius 2 is 1.95 bits per heavy atom. The average Bonchev–Trinajstić information content (AvgIpc) is 2.29. The van der Waals surface area contributed by atoms with Crippen molar-refractivity contribution < 1.29 is 17.9 Å². The number of aryl methyl sites for hydroxylation is 1. The van der Waals surface area contributed by atoms with Crippen molar-refractivity contribution in [3.63, 3.8) is 0 Å². The first kappa shape index (κ1) is 15.5. The molecule has 0 spiro atoms. The highest BCUT2D eigenvalue weighted by atomic mass is 32.2. The summed E-state index contributed by atoms with van der Waals surface area (Å²) in [4.78, 5) is 13.1. The van der Waals surface area contributed by atoms with Crippen LogP contribution < -0.4 is 9.88 Å². The lowest BCUT2D eigenvalue weighted by Crippen LogP contribution is -2.35. The van der Waals surface area contributed by atoms with E-state index >= 15 is 0 Å². The molecule has 106 valence electrons. The van der Waals surface area contributed by atoms with Crippen LogP contribution in [-0.4, -0.2) is 39.4 Å². The zero-order valence-electron chi connectivity index (χ0n) is 11.4. The zero-order valence-corrected chi connectivity index (χ0v) is 12.2. The van der Waals surface area contributed by atoms with Crippen LogP contribution in [0.5, 0.6) is 5.75 Å². The standard InChI is InChI=1S/C12H18N2O4S/c1-8-7-10(19(13,16)17)5-6-11(8)18-9(2)12(15)14(3)4/h5-7,9H,1-4H3,(H2,13,16,17). The molecule has 0 fully saturated rings. The van der Waals surface area contributed by atoms with E-state index in [0.717, 1.165) is 0 Å². The van der Waals surface area contributed by atoms with Gasteiger partial charge in [0, 0.05) is 14.1 Å². The number of rotatable bonds is 4. The maximum Gasteiger partial charge on any atom is 0.262 e. The summed E-state index contributed by atoms with van der Waals surface area (Å²) in [7, 11) is -0.455. The zero-order chi connectivity index (χ0) is 14.8. The van der Waals surface area contributed by atoms with Crippen LogP contribution in [0.15, 0.2) is 23.1 Å². The van der Waals surface area contributed by atoms with Crippen molar-refractivity contribution in [3.05, 3.63) is 23.8 Å². The van der Waals surface area contributed by atoms with E-state index in [1.165, 1.54) is 23.1 Å². The molecule has 1 aromatic carbocycles. The number of carbonyl (C=O) groups excluding carboxylic acids is 1. The lowest BCUT2D eigenvalue weighted by atomic mass is 10.2. The van der Waals surface area contributed by atoms with Gasteiger partial charge in [-0.1, -0.05) is 0 Å². The molecule has 0 aliphatic carbocycles. The number of carbonyl (C=O) groups is 1. The van der Waals surface area contributed by atoms with Gasteiger partial charge in [0.1, 0.15) is 5.75 Å². The number of sulfonamides is 1. The molecule has 0 saturated heterocycles. The number of nitrogens with two attached hydrogens (primary N) is 1. The maximum absolute atomic E-state index is 11.7. The number of benzene rings is 1. The van der Waals surface area contributed by atoms with E-state index in [4.69, 9.17) is 9.88 Å². The van der Waals surface area contributed by atoms with Gasteiger partial charge in [0.05, 0.1) is 4.90 Å². The van der Waals surface area contributed by atoms with Gasteiger partial charge >= 0.3 is 0 Å². The van der Waals surface area contributed by atoms with E-state index in [1.54, 1.807) is 27.9 Å². The fourth-order valence-corrected chi connectivity index (χ4v) is 2.13. The van der Waals surface area contributed by atoms with E-state index in [-0.39, 0.29) is 10.8 Å². The first-order valence-corrected chi connectivity index (χ1v) is 7.19. The van der Waals surface area contributed by atoms with Gasteiger partial charge in [-0.25, -0.2) is 13.6 Å². The quantitative estimate of drug-likeness (QED) is 0.872. The molecule has 0 saturated carbocycles. The molecule has 19 heavy (non-hydrogen) atoms. The first-order chi connectivity index (χ1) is 8.62. The molecule has 0 aliphatic heterocycles. The summed E-state index contributed by atoms with van der Waals surface area (Å²) in [5, 5.41) is 5.04. The second-order valence-corrected chi connectivity index (χ2v) is 6.03. The number of hydrogen-bond donors (Lipinski definition) is 1. The van der Waals surface area contributed by atoms with Crippen molar-refractivity contribution in [1.82, 2.24) is 4.90 Å². The van der Waals surface area contributed by atoms with Crippen molar-refractivity contribution in [2.24, 2.45) is 5.14 Å². The molecule has 1 aromatic rings. The summed E-state index contributed by atoms with van der Waals surface area (Å²) in [5.41, 5.74) is 0.602. The maximum atomic E-state index is 11.7. The van der Waals surface area contributed by atoms with Crippen LogP contribution in [0.1, 0.15) is 12.5 Å². The third-order valence-electron chi connectivity index (χ3n) is 2.57. The van der Waals surface area contributed by atoms with Crippen molar-refractivity contribution in [2.45, 2.75) is 24.8 Å². The molecule has 6 nitrogen and oxygen atoms in total. The monoisotopic (exact) mass is 286 g/mol. The van der Waals surface area contributed by atoms with E-state index in [1.807, 2.05) is 0 Å². The lowest BCUT2D eigenvalue weighted by molar-refractivity contribution is -0.135. The van der Waals surface area contributed by atoms with Crippen molar-refractivity contribution in [1.29, 1.82) is 0 Å². The van der Waals surface area contributed by atoms with Gasteiger partial charge in [-0.15, -0.1) is 0 Å². The summed E-state index contributed by atoms with van der Waals surface area (Å²) in [6.45, 7) is 3.33. The van der Waals surface area contributed by atoms with Crippen molar-refractivity contribution in [3.8, 4) is 5.75 Å². The number of hydrogen-bond acceptors (Lipinski definition) is 4. The van der Waals surface area contributed by atoms with Gasteiger partial charge in [-0.3, -0.25) is 4.79 Å². The minimum Gasteiger partial charge on any atom is -0.481 e. The van der Waals surface area contributed by atoms with E-state index in [0.29, 0.717) is 11.3 Å². The molecular weight excluding hydrogens is 268 g/mol. The molecule has 1 unspecified atom stereocenters. The Kier molecular flexibility index (Phi) is 4.54. The van der Waals surface area contributed by atoms with E-state index in [2.05, 4.69) is 0 Å². The molecule has 7 heteroatoms. The van der Waals surface area contributed by atoms with Crippen molar-refractivity contribution >= 4 is 15.9 Å². The Morgan fingerprint density at radius 3 is 2.37 bits per heavy atom. The normalized spacial score (nSPS) is 12.9. The molecule has 0 bridgehead atoms. The van der Waals surface area contributed by atoms with Crippen LogP contribution in [0.4, 0.5) is 0 Å². The molecule has 1 atom stereocenters. The third kappa shape index (κ3) is 3.93. The predicted octanol–water partition coefficient (Wildman–Crippen LogP) is 0.498. The van der Waals surface area contributed by atoms with Gasteiger partial charge in [0.25, 0.3) is 5.91 Å². The largest absolute Gasteiger partial charge is 0.481 e. The smallest absolute Gasteiger partial charge is 0.262 e. The average molecular weight is 286 g/mol. The predicted molar refractivity (Wildman–Crippen MR) is 71.3 cm³/mol. The highest BCUT2D eigenvalue weighted by molar-refractivity contribution is 7.89. The number of likely N-dealkylation sites (N-methyl/N-ethyl adjacent to an activating group) is 1. The highest BCUT2D eigenvalue weighted by Crippen LogP contribution is 2.22. The Bertz CT molecular complexity index is 581. The Hall–Kier alpha value is -1.60. The van der Waals surface area contributed by atoms with Crippen molar-refractivity contribution in [2.75, 3.05) is 14.1 Å². The molecule has 1 amide bonds. The van der Waals surface area contributed by atoms with E-state index < -0.39 is 16.1 Å². The molecular formula is C12H18N2O4S. The fraction of sp³-hybridized carbons (Fsp3) is 0.417. The Labute approximate surface area is 113 Å². The Balaban J connectivity index is 2.96. The molecule has 0 heterocycles. The molecule has 1 rings (SSSR count). The summed E-state index contributed by atoms with van der Waals surface area (Å²) in [6.07, 6.45) is -0.644. The lowest BCUT2D eigenvalue weighted by Gasteiger charge is -2.19. The van der Waals surface area contributed by atoms with Gasteiger partial charge in [0.2, 0.25) is 10.0 Å². The third-order valence-corrected chi connectivity index (χ3v) is 3.48. The molecule has 0 aliphatic rings. The molecule has 0 radical (unpaired) electrons. The number of amides is 1. The van der Waals surface area contributed by atoms with E-state index in [9.17, 15) is 13.2 Å². The van der Waals surface area contributed by atoms with Crippen LogP contribution >= 0.6 is 0 Å². The van der Waals surface area contributed by atoms with Crippen LogP contribution in [0.25, 0.3) is 0 Å². The second-order valence-electron chi connectivity index (χ2n) is 4.47.